The Balaban J connectivity index is 1.26. The van der Waals surface area contributed by atoms with E-state index >= 15 is 0 Å². The van der Waals surface area contributed by atoms with E-state index in [0.29, 0.717) is 42.7 Å². The first-order valence-electron chi connectivity index (χ1n) is 9.23. The van der Waals surface area contributed by atoms with Crippen LogP contribution in [0.2, 0.25) is 0 Å². The Kier molecular flexibility index (Phi) is 4.16. The quantitative estimate of drug-likeness (QED) is 0.758. The summed E-state index contributed by atoms with van der Waals surface area (Å²) in [7, 11) is 0. The molecule has 142 valence electrons. The summed E-state index contributed by atoms with van der Waals surface area (Å²) in [6.07, 6.45) is 5.05. The molecule has 3 fully saturated rings. The van der Waals surface area contributed by atoms with E-state index < -0.39 is 0 Å². The number of nitrogens with zero attached hydrogens (tertiary/aromatic N) is 4. The van der Waals surface area contributed by atoms with Gasteiger partial charge in [-0.05, 0) is 19.3 Å². The van der Waals surface area contributed by atoms with Crippen molar-refractivity contribution in [1.82, 2.24) is 30.7 Å². The minimum absolute atomic E-state index is 0.0152. The number of hydrogen-bond acceptors (Lipinski definition) is 8. The molecule has 2 aliphatic heterocycles. The average Bonchev–Trinajstić information content (AvgIpc) is 3.06. The van der Waals surface area contributed by atoms with E-state index in [4.69, 9.17) is 4.42 Å². The van der Waals surface area contributed by atoms with E-state index in [1.54, 1.807) is 11.6 Å². The first-order valence-corrected chi connectivity index (χ1v) is 10.1. The predicted molar refractivity (Wildman–Crippen MR) is 95.3 cm³/mol. The third kappa shape index (κ3) is 3.34. The number of piperazine rings is 1. The first-order chi connectivity index (χ1) is 13.2. The second-order valence-corrected chi connectivity index (χ2v) is 8.26. The van der Waals surface area contributed by atoms with Crippen LogP contribution in [0.1, 0.15) is 46.8 Å². The second-order valence-electron chi connectivity index (χ2n) is 7.37. The van der Waals surface area contributed by atoms with Gasteiger partial charge in [-0.3, -0.25) is 14.5 Å². The molecule has 27 heavy (non-hydrogen) atoms. The van der Waals surface area contributed by atoms with Crippen LogP contribution in [0.4, 0.5) is 0 Å². The summed E-state index contributed by atoms with van der Waals surface area (Å²) in [5.74, 6) is 1.62. The Morgan fingerprint density at radius 3 is 3.07 bits per heavy atom. The van der Waals surface area contributed by atoms with Crippen LogP contribution in [-0.2, 0) is 11.2 Å². The fourth-order valence-electron chi connectivity index (χ4n) is 3.90. The molecule has 2 saturated heterocycles. The molecule has 5 rings (SSSR count). The smallest absolute Gasteiger partial charge is 0.280 e. The van der Waals surface area contributed by atoms with Gasteiger partial charge in [-0.1, -0.05) is 0 Å². The van der Waals surface area contributed by atoms with E-state index in [0.717, 1.165) is 18.7 Å². The Labute approximate surface area is 159 Å². The van der Waals surface area contributed by atoms with E-state index in [1.807, 2.05) is 0 Å². The lowest BCUT2D eigenvalue weighted by molar-refractivity contribution is -0.129. The Morgan fingerprint density at radius 2 is 2.30 bits per heavy atom. The molecule has 0 radical (unpaired) electrons. The highest BCUT2D eigenvalue weighted by Gasteiger charge is 2.44. The Bertz CT molecular complexity index is 849. The number of hydrogen-bond donors (Lipinski definition) is 2. The van der Waals surface area contributed by atoms with Gasteiger partial charge in [-0.15, -0.1) is 21.5 Å². The van der Waals surface area contributed by atoms with Gasteiger partial charge in [0, 0.05) is 49.1 Å². The van der Waals surface area contributed by atoms with Gasteiger partial charge in [0.15, 0.2) is 5.01 Å². The number of aromatic nitrogens is 3. The molecule has 2 aromatic rings. The van der Waals surface area contributed by atoms with Gasteiger partial charge in [0.2, 0.25) is 17.7 Å². The maximum atomic E-state index is 12.3. The normalized spacial score (nSPS) is 28.0. The Morgan fingerprint density at radius 1 is 1.41 bits per heavy atom. The molecule has 2 N–H and O–H groups in total. The van der Waals surface area contributed by atoms with Crippen molar-refractivity contribution in [1.29, 1.82) is 0 Å². The van der Waals surface area contributed by atoms with Crippen LogP contribution in [0.3, 0.4) is 0 Å². The monoisotopic (exact) mass is 388 g/mol. The highest BCUT2D eigenvalue weighted by molar-refractivity contribution is 7.11. The van der Waals surface area contributed by atoms with Crippen molar-refractivity contribution in [2.75, 3.05) is 13.1 Å². The fourth-order valence-corrected chi connectivity index (χ4v) is 4.44. The summed E-state index contributed by atoms with van der Waals surface area (Å²) in [5.41, 5.74) is 0. The summed E-state index contributed by atoms with van der Waals surface area (Å²) in [5, 5.41) is 16.5. The third-order valence-corrected chi connectivity index (χ3v) is 6.18. The molecule has 3 atom stereocenters. The molecule has 3 aliphatic rings. The van der Waals surface area contributed by atoms with Crippen LogP contribution in [0.25, 0.3) is 0 Å². The van der Waals surface area contributed by atoms with Crippen LogP contribution >= 0.6 is 11.3 Å². The number of fused-ring (bicyclic) bond motifs is 1. The zero-order valence-corrected chi connectivity index (χ0v) is 15.4. The third-order valence-electron chi connectivity index (χ3n) is 5.40. The van der Waals surface area contributed by atoms with Gasteiger partial charge >= 0.3 is 0 Å². The molecule has 0 unspecified atom stereocenters. The van der Waals surface area contributed by atoms with Crippen molar-refractivity contribution < 1.29 is 14.0 Å². The summed E-state index contributed by atoms with van der Waals surface area (Å²) < 4.78 is 5.79. The lowest BCUT2D eigenvalue weighted by Crippen LogP contribution is -2.58. The molecular formula is C17H20N6O3S. The minimum atomic E-state index is -0.240. The topological polar surface area (TPSA) is 113 Å². The second kappa shape index (κ2) is 6.68. The lowest BCUT2D eigenvalue weighted by atomic mass is 10.1. The molecule has 0 bridgehead atoms. The number of rotatable bonds is 5. The van der Waals surface area contributed by atoms with Crippen molar-refractivity contribution in [3.05, 3.63) is 28.4 Å². The van der Waals surface area contributed by atoms with Crippen molar-refractivity contribution in [2.45, 2.75) is 49.7 Å². The van der Waals surface area contributed by atoms with E-state index in [9.17, 15) is 9.59 Å². The minimum Gasteiger partial charge on any atom is -0.425 e. The standard InChI is InChI=1S/C17H20N6O3S/c24-14-12-5-10(20-15(25)17-18-3-4-27-17)8-23(12)11(7-19-14)6-13-21-22-16(26-13)9-1-2-9/h3-4,9-12H,1-2,5-8H2,(H,19,24)(H,20,25)/t10-,11+,12-/m0/s1. The molecule has 1 aliphatic carbocycles. The molecule has 4 heterocycles. The molecule has 9 nitrogen and oxygen atoms in total. The number of carbonyl (C=O) groups excluding carboxylic acids is 2. The zero-order chi connectivity index (χ0) is 18.4. The first kappa shape index (κ1) is 16.8. The molecule has 2 aromatic heterocycles. The Hall–Kier alpha value is -2.33. The van der Waals surface area contributed by atoms with Gasteiger partial charge in [-0.25, -0.2) is 4.98 Å². The van der Waals surface area contributed by atoms with Gasteiger partial charge in [0.05, 0.1) is 6.04 Å². The van der Waals surface area contributed by atoms with Crippen LogP contribution < -0.4 is 10.6 Å². The van der Waals surface area contributed by atoms with E-state index in [2.05, 4.69) is 30.7 Å². The van der Waals surface area contributed by atoms with Crippen molar-refractivity contribution in [3.63, 3.8) is 0 Å². The number of thiazole rings is 1. The molecule has 0 aromatic carbocycles. The molecular weight excluding hydrogens is 368 g/mol. The lowest BCUT2D eigenvalue weighted by Gasteiger charge is -2.36. The van der Waals surface area contributed by atoms with Crippen molar-refractivity contribution in [2.24, 2.45) is 0 Å². The SMILES string of the molecule is O=C(N[C@H]1C[C@H]2C(=O)NC[C@@H](Cc3nnc(C4CC4)o3)N2C1)c1nccs1. The van der Waals surface area contributed by atoms with Crippen LogP contribution in [0.5, 0.6) is 0 Å². The van der Waals surface area contributed by atoms with Crippen LogP contribution in [-0.4, -0.2) is 63.1 Å². The van der Waals surface area contributed by atoms with Crippen molar-refractivity contribution in [3.8, 4) is 0 Å². The molecule has 0 spiro atoms. The number of nitrogens with one attached hydrogen (secondary N) is 2. The summed E-state index contributed by atoms with van der Waals surface area (Å²) in [4.78, 5) is 30.8. The van der Waals surface area contributed by atoms with Crippen LogP contribution in [0.15, 0.2) is 16.0 Å². The van der Waals surface area contributed by atoms with Gasteiger partial charge in [-0.2, -0.15) is 0 Å². The highest BCUT2D eigenvalue weighted by Crippen LogP contribution is 2.39. The molecule has 10 heteroatoms. The number of carbonyl (C=O) groups is 2. The number of amides is 2. The largest absolute Gasteiger partial charge is 0.425 e. The fraction of sp³-hybridized carbons (Fsp3) is 0.588. The summed E-state index contributed by atoms with van der Waals surface area (Å²) in [6.45, 7) is 1.17. The molecule has 2 amide bonds. The van der Waals surface area contributed by atoms with E-state index in [-0.39, 0.29) is 29.9 Å². The highest BCUT2D eigenvalue weighted by atomic mass is 32.1. The maximum Gasteiger partial charge on any atom is 0.280 e. The predicted octanol–water partition coefficient (Wildman–Crippen LogP) is 0.317. The summed E-state index contributed by atoms with van der Waals surface area (Å²) in [6, 6.07) is -0.236. The van der Waals surface area contributed by atoms with Crippen LogP contribution in [0, 0.1) is 0 Å². The van der Waals surface area contributed by atoms with Gasteiger partial charge in [0.1, 0.15) is 0 Å². The maximum absolute atomic E-state index is 12.3. The van der Waals surface area contributed by atoms with E-state index in [1.165, 1.54) is 11.3 Å². The average molecular weight is 388 g/mol. The van der Waals surface area contributed by atoms with Crippen molar-refractivity contribution >= 4 is 23.2 Å². The summed E-state index contributed by atoms with van der Waals surface area (Å²) >= 11 is 1.31. The van der Waals surface area contributed by atoms with Gasteiger partial charge < -0.3 is 15.1 Å². The zero-order valence-electron chi connectivity index (χ0n) is 14.6. The van der Waals surface area contributed by atoms with Gasteiger partial charge in [0.25, 0.3) is 5.91 Å². The molecule has 1 saturated carbocycles.